The van der Waals surface area contributed by atoms with E-state index in [4.69, 9.17) is 5.73 Å². The maximum atomic E-state index is 12.2. The van der Waals surface area contributed by atoms with E-state index in [2.05, 4.69) is 12.0 Å². The third kappa shape index (κ3) is 2.39. The first-order valence-corrected chi connectivity index (χ1v) is 7.02. The van der Waals surface area contributed by atoms with E-state index in [1.807, 2.05) is 30.5 Å². The second kappa shape index (κ2) is 5.33. The zero-order chi connectivity index (χ0) is 14.2. The molecule has 2 unspecified atom stereocenters. The molecule has 1 fully saturated rings. The number of piperidine rings is 1. The van der Waals surface area contributed by atoms with Gasteiger partial charge in [0, 0.05) is 37.3 Å². The normalized spacial score (nSPS) is 24.1. The molecule has 1 amide bonds. The van der Waals surface area contributed by atoms with Crippen LogP contribution in [-0.4, -0.2) is 33.2 Å². The molecule has 1 aliphatic rings. The molecule has 2 rings (SSSR count). The molecule has 0 saturated carbocycles. The highest BCUT2D eigenvalue weighted by molar-refractivity contribution is 5.78. The number of carbonyl (C=O) groups excluding carboxylic acids is 1. The largest absolute Gasteiger partial charge is 0.334 e. The number of nitrogens with two attached hydrogens (primary N) is 1. The van der Waals surface area contributed by atoms with Crippen LogP contribution >= 0.6 is 0 Å². The number of likely N-dealkylation sites (tertiary alicyclic amines) is 1. The van der Waals surface area contributed by atoms with Crippen molar-refractivity contribution >= 4 is 5.91 Å². The highest BCUT2D eigenvalue weighted by atomic mass is 16.2. The molecule has 1 aromatic heterocycles. The van der Waals surface area contributed by atoms with Gasteiger partial charge in [0.15, 0.2) is 0 Å². The first-order chi connectivity index (χ1) is 8.97. The van der Waals surface area contributed by atoms with E-state index in [1.165, 1.54) is 0 Å². The summed E-state index contributed by atoms with van der Waals surface area (Å²) in [5.74, 6) is 0.219. The summed E-state index contributed by atoms with van der Waals surface area (Å²) in [6.07, 6.45) is 2.28. The standard InChI is InChI=1S/C14H24N4O/c1-5-8-18-12(19)7-6-11(15)14(18)13-9(2)16-17(4)10(13)3/h11,14H,5-8,15H2,1-4H3. The fraction of sp³-hybridized carbons (Fsp3) is 0.714. The van der Waals surface area contributed by atoms with Crippen LogP contribution in [0.2, 0.25) is 0 Å². The van der Waals surface area contributed by atoms with Crippen LogP contribution in [-0.2, 0) is 11.8 Å². The molecule has 2 N–H and O–H groups in total. The smallest absolute Gasteiger partial charge is 0.223 e. The minimum absolute atomic E-state index is 0.00542. The average molecular weight is 264 g/mol. The minimum atomic E-state index is -0.0186. The molecule has 1 aliphatic heterocycles. The maximum Gasteiger partial charge on any atom is 0.223 e. The number of carbonyl (C=O) groups is 1. The van der Waals surface area contributed by atoms with Crippen molar-refractivity contribution in [2.45, 2.75) is 52.1 Å². The van der Waals surface area contributed by atoms with Gasteiger partial charge in [-0.1, -0.05) is 6.92 Å². The summed E-state index contributed by atoms with van der Waals surface area (Å²) in [5, 5.41) is 4.46. The van der Waals surface area contributed by atoms with Crippen molar-refractivity contribution in [1.82, 2.24) is 14.7 Å². The highest BCUT2D eigenvalue weighted by Crippen LogP contribution is 2.34. The first-order valence-electron chi connectivity index (χ1n) is 7.02. The Morgan fingerprint density at radius 2 is 2.11 bits per heavy atom. The van der Waals surface area contributed by atoms with Gasteiger partial charge in [-0.25, -0.2) is 0 Å². The molecule has 106 valence electrons. The Hall–Kier alpha value is -1.36. The summed E-state index contributed by atoms with van der Waals surface area (Å²) in [4.78, 5) is 14.1. The van der Waals surface area contributed by atoms with E-state index in [0.717, 1.165) is 36.3 Å². The second-order valence-corrected chi connectivity index (χ2v) is 5.44. The van der Waals surface area contributed by atoms with Gasteiger partial charge in [0.05, 0.1) is 11.7 Å². The zero-order valence-electron chi connectivity index (χ0n) is 12.3. The Balaban J connectivity index is 2.45. The summed E-state index contributed by atoms with van der Waals surface area (Å²) in [5.41, 5.74) is 9.53. The van der Waals surface area contributed by atoms with Gasteiger partial charge in [-0.05, 0) is 26.7 Å². The number of rotatable bonds is 3. The Bertz CT molecular complexity index is 480. The van der Waals surface area contributed by atoms with Crippen LogP contribution in [0.5, 0.6) is 0 Å². The van der Waals surface area contributed by atoms with Crippen molar-refractivity contribution < 1.29 is 4.79 Å². The van der Waals surface area contributed by atoms with Crippen molar-refractivity contribution in [3.63, 3.8) is 0 Å². The second-order valence-electron chi connectivity index (χ2n) is 5.44. The lowest BCUT2D eigenvalue weighted by Crippen LogP contribution is -2.49. The monoisotopic (exact) mass is 264 g/mol. The third-order valence-corrected chi connectivity index (χ3v) is 4.08. The lowest BCUT2D eigenvalue weighted by molar-refractivity contribution is -0.137. The molecule has 2 atom stereocenters. The molecular formula is C14H24N4O. The Kier molecular flexibility index (Phi) is 3.94. The molecule has 5 heteroatoms. The van der Waals surface area contributed by atoms with Crippen LogP contribution in [0.4, 0.5) is 0 Å². The predicted octanol–water partition coefficient (Wildman–Crippen LogP) is 1.44. The molecule has 0 radical (unpaired) electrons. The summed E-state index contributed by atoms with van der Waals surface area (Å²) in [6, 6.07) is -0.0132. The number of nitrogens with zero attached hydrogens (tertiary/aromatic N) is 3. The Morgan fingerprint density at radius 3 is 2.63 bits per heavy atom. The van der Waals surface area contributed by atoms with Crippen LogP contribution < -0.4 is 5.73 Å². The first kappa shape index (κ1) is 14.1. The van der Waals surface area contributed by atoms with E-state index in [9.17, 15) is 4.79 Å². The summed E-state index contributed by atoms with van der Waals surface area (Å²) in [7, 11) is 1.94. The fourth-order valence-electron chi connectivity index (χ4n) is 3.07. The Labute approximate surface area is 114 Å². The van der Waals surface area contributed by atoms with Gasteiger partial charge in [-0.3, -0.25) is 9.48 Å². The number of aromatic nitrogens is 2. The van der Waals surface area contributed by atoms with Crippen LogP contribution in [0.15, 0.2) is 0 Å². The van der Waals surface area contributed by atoms with Crippen molar-refractivity contribution in [2.75, 3.05) is 6.54 Å². The van der Waals surface area contributed by atoms with Gasteiger partial charge in [0.1, 0.15) is 0 Å². The highest BCUT2D eigenvalue weighted by Gasteiger charge is 2.37. The quantitative estimate of drug-likeness (QED) is 0.898. The molecule has 0 aliphatic carbocycles. The van der Waals surface area contributed by atoms with Crippen molar-refractivity contribution in [2.24, 2.45) is 12.8 Å². The average Bonchev–Trinajstić information content (AvgIpc) is 2.60. The van der Waals surface area contributed by atoms with Gasteiger partial charge in [-0.2, -0.15) is 5.10 Å². The van der Waals surface area contributed by atoms with E-state index in [1.54, 1.807) is 0 Å². The fourth-order valence-corrected chi connectivity index (χ4v) is 3.07. The molecule has 2 heterocycles. The molecular weight excluding hydrogens is 240 g/mol. The van der Waals surface area contributed by atoms with Gasteiger partial charge in [0.25, 0.3) is 0 Å². The van der Waals surface area contributed by atoms with Gasteiger partial charge in [0.2, 0.25) is 5.91 Å². The molecule has 1 saturated heterocycles. The molecule has 0 bridgehead atoms. The molecule has 1 aromatic rings. The van der Waals surface area contributed by atoms with Crippen LogP contribution in [0.3, 0.4) is 0 Å². The summed E-state index contributed by atoms with van der Waals surface area (Å²) in [6.45, 7) is 6.90. The van der Waals surface area contributed by atoms with E-state index in [-0.39, 0.29) is 18.0 Å². The van der Waals surface area contributed by atoms with Crippen molar-refractivity contribution in [1.29, 1.82) is 0 Å². The SMILES string of the molecule is CCCN1C(=O)CCC(N)C1c1c(C)nn(C)c1C. The van der Waals surface area contributed by atoms with Crippen LogP contribution in [0.1, 0.15) is 49.2 Å². The van der Waals surface area contributed by atoms with Crippen molar-refractivity contribution in [3.05, 3.63) is 17.0 Å². The summed E-state index contributed by atoms with van der Waals surface area (Å²) < 4.78 is 1.88. The van der Waals surface area contributed by atoms with Gasteiger partial charge in [-0.15, -0.1) is 0 Å². The lowest BCUT2D eigenvalue weighted by Gasteiger charge is -2.40. The minimum Gasteiger partial charge on any atom is -0.334 e. The number of hydrogen-bond donors (Lipinski definition) is 1. The zero-order valence-corrected chi connectivity index (χ0v) is 12.3. The molecule has 0 aromatic carbocycles. The van der Waals surface area contributed by atoms with E-state index in [0.29, 0.717) is 6.42 Å². The number of hydrogen-bond acceptors (Lipinski definition) is 3. The number of aryl methyl sites for hydroxylation is 2. The van der Waals surface area contributed by atoms with Crippen LogP contribution in [0.25, 0.3) is 0 Å². The molecule has 5 nitrogen and oxygen atoms in total. The Morgan fingerprint density at radius 1 is 1.42 bits per heavy atom. The van der Waals surface area contributed by atoms with E-state index < -0.39 is 0 Å². The topological polar surface area (TPSA) is 64.2 Å². The third-order valence-electron chi connectivity index (χ3n) is 4.08. The molecule has 19 heavy (non-hydrogen) atoms. The van der Waals surface area contributed by atoms with Gasteiger partial charge < -0.3 is 10.6 Å². The molecule has 0 spiro atoms. The predicted molar refractivity (Wildman–Crippen MR) is 74.6 cm³/mol. The van der Waals surface area contributed by atoms with Crippen LogP contribution in [0, 0.1) is 13.8 Å². The number of amides is 1. The van der Waals surface area contributed by atoms with Crippen molar-refractivity contribution in [3.8, 4) is 0 Å². The van der Waals surface area contributed by atoms with Gasteiger partial charge >= 0.3 is 0 Å². The maximum absolute atomic E-state index is 12.2. The summed E-state index contributed by atoms with van der Waals surface area (Å²) >= 11 is 0. The van der Waals surface area contributed by atoms with E-state index >= 15 is 0 Å². The lowest BCUT2D eigenvalue weighted by atomic mass is 9.89.